The number of ether oxygens (including phenoxy) is 1. The van der Waals surface area contributed by atoms with E-state index in [0.717, 1.165) is 11.3 Å². The Balaban J connectivity index is 1.79. The molecule has 0 radical (unpaired) electrons. The summed E-state index contributed by atoms with van der Waals surface area (Å²) in [6.07, 6.45) is 0.452. The molecule has 7 heteroatoms. The SMILES string of the molecule is COc1ccc(C2CC(c3c(O)c4ccccc4n(C)c3=O)=NN2CCO)cc1. The van der Waals surface area contributed by atoms with Crippen molar-refractivity contribution in [1.29, 1.82) is 0 Å². The zero-order valence-electron chi connectivity index (χ0n) is 16.4. The van der Waals surface area contributed by atoms with Gasteiger partial charge in [-0.2, -0.15) is 5.10 Å². The van der Waals surface area contributed by atoms with Crippen molar-refractivity contribution in [2.45, 2.75) is 12.5 Å². The summed E-state index contributed by atoms with van der Waals surface area (Å²) in [5, 5.41) is 27.3. The Morgan fingerprint density at radius 3 is 2.59 bits per heavy atom. The topological polar surface area (TPSA) is 87.3 Å². The van der Waals surface area contributed by atoms with Crippen LogP contribution in [0.15, 0.2) is 58.4 Å². The summed E-state index contributed by atoms with van der Waals surface area (Å²) >= 11 is 0. The quantitative estimate of drug-likeness (QED) is 0.695. The molecule has 2 heterocycles. The summed E-state index contributed by atoms with van der Waals surface area (Å²) in [6.45, 7) is 0.264. The number of methoxy groups -OCH3 is 1. The Morgan fingerprint density at radius 2 is 1.90 bits per heavy atom. The number of nitrogens with zero attached hydrogens (tertiary/aromatic N) is 3. The molecule has 0 amide bonds. The second-order valence-electron chi connectivity index (χ2n) is 7.03. The van der Waals surface area contributed by atoms with Crippen molar-refractivity contribution >= 4 is 16.6 Å². The molecule has 1 unspecified atom stereocenters. The van der Waals surface area contributed by atoms with E-state index in [0.29, 0.717) is 29.6 Å². The van der Waals surface area contributed by atoms with Crippen LogP contribution in [-0.2, 0) is 7.05 Å². The summed E-state index contributed by atoms with van der Waals surface area (Å²) < 4.78 is 6.75. The van der Waals surface area contributed by atoms with Gasteiger partial charge in [-0.25, -0.2) is 0 Å². The predicted octanol–water partition coefficient (Wildman–Crippen LogP) is 2.40. The predicted molar refractivity (Wildman–Crippen MR) is 112 cm³/mol. The maximum absolute atomic E-state index is 13.0. The minimum Gasteiger partial charge on any atom is -0.506 e. The highest BCUT2D eigenvalue weighted by atomic mass is 16.5. The first-order chi connectivity index (χ1) is 14.0. The number of aliphatic hydroxyl groups is 1. The maximum Gasteiger partial charge on any atom is 0.263 e. The Hall–Kier alpha value is -3.32. The normalized spacial score (nSPS) is 16.3. The molecule has 2 aromatic carbocycles. The lowest BCUT2D eigenvalue weighted by Crippen LogP contribution is -2.24. The summed E-state index contributed by atoms with van der Waals surface area (Å²) in [5.74, 6) is 0.699. The van der Waals surface area contributed by atoms with E-state index >= 15 is 0 Å². The van der Waals surface area contributed by atoms with E-state index in [1.54, 1.807) is 31.3 Å². The average molecular weight is 393 g/mol. The molecule has 0 spiro atoms. The molecule has 0 aliphatic carbocycles. The minimum atomic E-state index is -0.292. The van der Waals surface area contributed by atoms with Gasteiger partial charge in [0.25, 0.3) is 5.56 Å². The minimum absolute atomic E-state index is 0.0539. The van der Waals surface area contributed by atoms with Gasteiger partial charge in [-0.15, -0.1) is 0 Å². The molecule has 1 aliphatic heterocycles. The highest BCUT2D eigenvalue weighted by Crippen LogP contribution is 2.35. The molecule has 0 bridgehead atoms. The van der Waals surface area contributed by atoms with E-state index in [2.05, 4.69) is 5.10 Å². The molecule has 2 N–H and O–H groups in total. The van der Waals surface area contributed by atoms with E-state index in [1.165, 1.54) is 4.57 Å². The van der Waals surface area contributed by atoms with E-state index < -0.39 is 0 Å². The van der Waals surface area contributed by atoms with Crippen LogP contribution in [0.2, 0.25) is 0 Å². The number of benzene rings is 2. The fourth-order valence-electron chi connectivity index (χ4n) is 3.87. The van der Waals surface area contributed by atoms with Gasteiger partial charge in [0.2, 0.25) is 0 Å². The van der Waals surface area contributed by atoms with Gasteiger partial charge in [-0.05, 0) is 29.8 Å². The molecular formula is C22H23N3O4. The van der Waals surface area contributed by atoms with Crippen molar-refractivity contribution in [3.63, 3.8) is 0 Å². The average Bonchev–Trinajstić information content (AvgIpc) is 3.16. The van der Waals surface area contributed by atoms with Gasteiger partial charge in [-0.3, -0.25) is 9.80 Å². The van der Waals surface area contributed by atoms with E-state index in [1.807, 2.05) is 36.4 Å². The number of β-amino-alcohol motifs (C(OH)–C–C–N with tert-alkyl or cyclic N) is 1. The number of aromatic hydroxyl groups is 1. The molecule has 7 nitrogen and oxygen atoms in total. The van der Waals surface area contributed by atoms with E-state index in [9.17, 15) is 15.0 Å². The van der Waals surface area contributed by atoms with Gasteiger partial charge >= 0.3 is 0 Å². The number of aliphatic hydroxyl groups excluding tert-OH is 1. The lowest BCUT2D eigenvalue weighted by atomic mass is 9.97. The third-order valence-electron chi connectivity index (χ3n) is 5.39. The number of fused-ring (bicyclic) bond motifs is 1. The van der Waals surface area contributed by atoms with Gasteiger partial charge in [0.05, 0.1) is 37.5 Å². The number of aryl methyl sites for hydroxylation is 1. The molecule has 29 heavy (non-hydrogen) atoms. The molecular weight excluding hydrogens is 370 g/mol. The standard InChI is InChI=1S/C22H23N3O4/c1-24-18-6-4-3-5-16(18)21(27)20(22(24)28)17-13-19(25(23-17)11-12-26)14-7-9-15(29-2)10-8-14/h3-10,19,26-27H,11-13H2,1-2H3. The van der Waals surface area contributed by atoms with E-state index in [4.69, 9.17) is 4.74 Å². The lowest BCUT2D eigenvalue weighted by molar-refractivity contribution is 0.172. The number of hydrogen-bond acceptors (Lipinski definition) is 6. The van der Waals surface area contributed by atoms with Crippen LogP contribution in [-0.4, -0.2) is 45.8 Å². The van der Waals surface area contributed by atoms with Gasteiger partial charge in [0, 0.05) is 18.9 Å². The van der Waals surface area contributed by atoms with Crippen LogP contribution in [0.4, 0.5) is 0 Å². The van der Waals surface area contributed by atoms with Gasteiger partial charge < -0.3 is 19.5 Å². The largest absolute Gasteiger partial charge is 0.506 e. The Labute approximate surface area is 168 Å². The van der Waals surface area contributed by atoms with Crippen LogP contribution in [0.1, 0.15) is 23.6 Å². The van der Waals surface area contributed by atoms with Crippen LogP contribution in [0.3, 0.4) is 0 Å². The zero-order valence-corrected chi connectivity index (χ0v) is 16.4. The number of pyridine rings is 1. The van der Waals surface area contributed by atoms with Gasteiger partial charge in [0.1, 0.15) is 17.1 Å². The van der Waals surface area contributed by atoms with Crippen LogP contribution < -0.4 is 10.3 Å². The molecule has 150 valence electrons. The molecule has 1 atom stereocenters. The summed E-state index contributed by atoms with van der Waals surface area (Å²) in [6, 6.07) is 14.7. The van der Waals surface area contributed by atoms with Crippen molar-refractivity contribution in [3.8, 4) is 11.5 Å². The first-order valence-electron chi connectivity index (χ1n) is 9.45. The van der Waals surface area contributed by atoms with Crippen LogP contribution in [0.5, 0.6) is 11.5 Å². The van der Waals surface area contributed by atoms with Gasteiger partial charge in [0.15, 0.2) is 0 Å². The second-order valence-corrected chi connectivity index (χ2v) is 7.03. The third-order valence-corrected chi connectivity index (χ3v) is 5.39. The molecule has 0 saturated carbocycles. The van der Waals surface area contributed by atoms with Crippen molar-refractivity contribution in [3.05, 3.63) is 70.0 Å². The number of aromatic nitrogens is 1. The van der Waals surface area contributed by atoms with Gasteiger partial charge in [-0.1, -0.05) is 24.3 Å². The molecule has 4 rings (SSSR count). The molecule has 3 aromatic rings. The maximum atomic E-state index is 13.0. The number of hydrazone groups is 1. The Bertz CT molecular complexity index is 1140. The highest BCUT2D eigenvalue weighted by Gasteiger charge is 2.32. The molecule has 0 fully saturated rings. The number of para-hydroxylation sites is 1. The zero-order chi connectivity index (χ0) is 20.5. The fraction of sp³-hybridized carbons (Fsp3) is 0.273. The van der Waals surface area contributed by atoms with Crippen LogP contribution in [0.25, 0.3) is 10.9 Å². The highest BCUT2D eigenvalue weighted by molar-refractivity contribution is 6.07. The summed E-state index contributed by atoms with van der Waals surface area (Å²) in [5.41, 5.74) is 2.10. The summed E-state index contributed by atoms with van der Waals surface area (Å²) in [4.78, 5) is 13.0. The van der Waals surface area contributed by atoms with Crippen LogP contribution >= 0.6 is 0 Å². The molecule has 1 aliphatic rings. The first kappa shape index (κ1) is 19.0. The monoisotopic (exact) mass is 393 g/mol. The van der Waals surface area contributed by atoms with Crippen molar-refractivity contribution in [2.75, 3.05) is 20.3 Å². The number of rotatable bonds is 5. The smallest absolute Gasteiger partial charge is 0.263 e. The lowest BCUT2D eigenvalue weighted by Gasteiger charge is -2.23. The summed E-state index contributed by atoms with van der Waals surface area (Å²) in [7, 11) is 3.30. The third kappa shape index (κ3) is 3.23. The Morgan fingerprint density at radius 1 is 1.17 bits per heavy atom. The van der Waals surface area contributed by atoms with E-state index in [-0.39, 0.29) is 29.5 Å². The van der Waals surface area contributed by atoms with Crippen molar-refractivity contribution < 1.29 is 14.9 Å². The van der Waals surface area contributed by atoms with Crippen molar-refractivity contribution in [2.24, 2.45) is 12.1 Å². The second kappa shape index (κ2) is 7.60. The van der Waals surface area contributed by atoms with Crippen molar-refractivity contribution in [1.82, 2.24) is 9.58 Å². The van der Waals surface area contributed by atoms with Crippen LogP contribution in [0, 0.1) is 0 Å². The molecule has 0 saturated heterocycles. The fourth-order valence-corrected chi connectivity index (χ4v) is 3.87. The molecule has 1 aromatic heterocycles. The Kier molecular flexibility index (Phi) is 4.98. The number of hydrogen-bond donors (Lipinski definition) is 2. The first-order valence-corrected chi connectivity index (χ1v) is 9.45.